The third-order valence-electron chi connectivity index (χ3n) is 5.36. The second kappa shape index (κ2) is 5.96. The maximum absolute atomic E-state index is 4.36. The second-order valence-corrected chi connectivity index (χ2v) is 6.75. The van der Waals surface area contributed by atoms with Gasteiger partial charge in [-0.3, -0.25) is 0 Å². The van der Waals surface area contributed by atoms with E-state index in [1.165, 1.54) is 33.4 Å². The average Bonchev–Trinajstić information content (AvgIpc) is 2.68. The minimum absolute atomic E-state index is 0.258. The van der Waals surface area contributed by atoms with Crippen molar-refractivity contribution in [3.63, 3.8) is 0 Å². The normalized spacial score (nSPS) is 17.5. The van der Waals surface area contributed by atoms with E-state index in [0.717, 1.165) is 25.1 Å². The molecule has 0 fully saturated rings. The van der Waals surface area contributed by atoms with Crippen molar-refractivity contribution in [2.45, 2.75) is 25.2 Å². The van der Waals surface area contributed by atoms with Gasteiger partial charge < -0.3 is 0 Å². The van der Waals surface area contributed by atoms with Crippen molar-refractivity contribution < 1.29 is 0 Å². The Labute approximate surface area is 148 Å². The molecule has 0 N–H and O–H groups in total. The molecule has 0 saturated heterocycles. The minimum Gasteiger partial charge on any atom is -0.241 e. The fourth-order valence-corrected chi connectivity index (χ4v) is 4.20. The zero-order valence-corrected chi connectivity index (χ0v) is 14.0. The van der Waals surface area contributed by atoms with Crippen molar-refractivity contribution in [3.05, 3.63) is 102 Å². The summed E-state index contributed by atoms with van der Waals surface area (Å²) >= 11 is 0. The number of nitrogens with zero attached hydrogens (tertiary/aromatic N) is 2. The van der Waals surface area contributed by atoms with Gasteiger partial charge in [0.1, 0.15) is 5.82 Å². The summed E-state index contributed by atoms with van der Waals surface area (Å²) in [6.07, 6.45) is 13.6. The number of fused-ring (bicyclic) bond motifs is 5. The van der Waals surface area contributed by atoms with Crippen molar-refractivity contribution in [1.82, 2.24) is 9.97 Å². The maximum Gasteiger partial charge on any atom is 0.132 e. The van der Waals surface area contributed by atoms with Gasteiger partial charge in [0.15, 0.2) is 0 Å². The first kappa shape index (κ1) is 14.6. The summed E-state index contributed by atoms with van der Waals surface area (Å²) in [7, 11) is 0. The van der Waals surface area contributed by atoms with Crippen LogP contribution in [-0.2, 0) is 19.3 Å². The third kappa shape index (κ3) is 2.49. The quantitative estimate of drug-likeness (QED) is 0.639. The molecule has 25 heavy (non-hydrogen) atoms. The first-order valence-electron chi connectivity index (χ1n) is 8.91. The molecule has 2 aliphatic carbocycles. The van der Waals surface area contributed by atoms with Crippen molar-refractivity contribution in [2.24, 2.45) is 0 Å². The predicted molar refractivity (Wildman–Crippen MR) is 100 cm³/mol. The van der Waals surface area contributed by atoms with E-state index in [2.05, 4.69) is 64.9 Å². The highest BCUT2D eigenvalue weighted by atomic mass is 14.8. The fourth-order valence-electron chi connectivity index (χ4n) is 4.20. The monoisotopic (exact) mass is 323 g/mol. The van der Waals surface area contributed by atoms with E-state index >= 15 is 0 Å². The molecule has 0 saturated carbocycles. The number of hydrogen-bond donors (Lipinski definition) is 0. The molecule has 2 heteroatoms. The Morgan fingerprint density at radius 1 is 0.840 bits per heavy atom. The lowest BCUT2D eigenvalue weighted by Gasteiger charge is -2.28. The molecule has 0 aliphatic heterocycles. The number of benzene rings is 2. The molecule has 2 nitrogen and oxygen atoms in total. The summed E-state index contributed by atoms with van der Waals surface area (Å²) in [4.78, 5) is 8.72. The Balaban J connectivity index is 1.58. The van der Waals surface area contributed by atoms with Gasteiger partial charge in [0.2, 0.25) is 0 Å². The van der Waals surface area contributed by atoms with E-state index in [-0.39, 0.29) is 5.92 Å². The van der Waals surface area contributed by atoms with Gasteiger partial charge in [-0.25, -0.2) is 9.97 Å². The van der Waals surface area contributed by atoms with E-state index in [1.54, 1.807) is 12.4 Å². The van der Waals surface area contributed by atoms with Crippen molar-refractivity contribution in [3.8, 4) is 11.1 Å². The lowest BCUT2D eigenvalue weighted by molar-refractivity contribution is 0.862. The number of rotatable bonds is 2. The molecule has 5 rings (SSSR count). The molecule has 121 valence electrons. The molecule has 2 aliphatic rings. The van der Waals surface area contributed by atoms with Gasteiger partial charge in [-0.1, -0.05) is 48.6 Å². The predicted octanol–water partition coefficient (Wildman–Crippen LogP) is 4.69. The Kier molecular flexibility index (Phi) is 3.48. The number of aromatic nitrogens is 2. The van der Waals surface area contributed by atoms with E-state index in [0.29, 0.717) is 0 Å². The maximum atomic E-state index is 4.36. The van der Waals surface area contributed by atoms with Crippen LogP contribution in [0, 0.1) is 6.42 Å². The smallest absolute Gasteiger partial charge is 0.132 e. The van der Waals surface area contributed by atoms with Gasteiger partial charge in [-0.05, 0) is 58.7 Å². The zero-order chi connectivity index (χ0) is 16.6. The van der Waals surface area contributed by atoms with Crippen molar-refractivity contribution >= 4 is 0 Å². The first-order chi connectivity index (χ1) is 12.4. The Morgan fingerprint density at radius 2 is 1.72 bits per heavy atom. The number of hydrogen-bond acceptors (Lipinski definition) is 2. The van der Waals surface area contributed by atoms with E-state index in [1.807, 2.05) is 6.07 Å². The summed E-state index contributed by atoms with van der Waals surface area (Å²) < 4.78 is 0. The zero-order valence-electron chi connectivity index (χ0n) is 14.0. The van der Waals surface area contributed by atoms with Crippen LogP contribution in [0.4, 0.5) is 0 Å². The first-order valence-corrected chi connectivity index (χ1v) is 8.91. The molecular weight excluding hydrogens is 304 g/mol. The van der Waals surface area contributed by atoms with Gasteiger partial charge in [0.25, 0.3) is 0 Å². The van der Waals surface area contributed by atoms with Crippen LogP contribution in [0.5, 0.6) is 0 Å². The van der Waals surface area contributed by atoms with Crippen molar-refractivity contribution in [1.29, 1.82) is 0 Å². The Hall–Kier alpha value is -2.74. The topological polar surface area (TPSA) is 25.8 Å². The summed E-state index contributed by atoms with van der Waals surface area (Å²) in [6, 6.07) is 15.3. The fraction of sp³-hybridized carbons (Fsp3) is 0.174. The van der Waals surface area contributed by atoms with Crippen molar-refractivity contribution in [2.75, 3.05) is 0 Å². The number of aryl methyl sites for hydroxylation is 1. The largest absolute Gasteiger partial charge is 0.241 e. The van der Waals surface area contributed by atoms with Gasteiger partial charge in [0, 0.05) is 24.7 Å². The lowest BCUT2D eigenvalue weighted by Crippen LogP contribution is -2.14. The molecule has 0 spiro atoms. The molecule has 1 heterocycles. The minimum atomic E-state index is 0.258. The molecule has 2 aromatic carbocycles. The SMILES string of the molecule is [CH](c1ncccn1)C1C=CCc2c1ccc1c2CCc2ccccc2-1. The summed E-state index contributed by atoms with van der Waals surface area (Å²) in [5, 5.41) is 0. The van der Waals surface area contributed by atoms with Crippen LogP contribution in [0.3, 0.4) is 0 Å². The van der Waals surface area contributed by atoms with Crippen LogP contribution >= 0.6 is 0 Å². The van der Waals surface area contributed by atoms with Crippen LogP contribution in [0.1, 0.15) is 34.0 Å². The molecule has 1 unspecified atom stereocenters. The van der Waals surface area contributed by atoms with E-state index in [9.17, 15) is 0 Å². The third-order valence-corrected chi connectivity index (χ3v) is 5.36. The van der Waals surface area contributed by atoms with Crippen LogP contribution < -0.4 is 0 Å². The number of allylic oxidation sites excluding steroid dienone is 2. The summed E-state index contributed by atoms with van der Waals surface area (Å²) in [6.45, 7) is 0. The van der Waals surface area contributed by atoms with E-state index in [4.69, 9.17) is 0 Å². The van der Waals surface area contributed by atoms with Crippen LogP contribution in [0.25, 0.3) is 11.1 Å². The molecule has 1 atom stereocenters. The average molecular weight is 323 g/mol. The van der Waals surface area contributed by atoms with Crippen LogP contribution in [0.2, 0.25) is 0 Å². The second-order valence-electron chi connectivity index (χ2n) is 6.75. The van der Waals surface area contributed by atoms with Gasteiger partial charge in [-0.15, -0.1) is 0 Å². The Bertz CT molecular complexity index is 957. The molecular formula is C23H19N2. The highest BCUT2D eigenvalue weighted by Crippen LogP contribution is 2.40. The molecule has 1 radical (unpaired) electrons. The molecule has 1 aromatic heterocycles. The molecule has 3 aromatic rings. The molecule has 0 amide bonds. The highest BCUT2D eigenvalue weighted by Gasteiger charge is 2.25. The summed E-state index contributed by atoms with van der Waals surface area (Å²) in [5.41, 5.74) is 8.76. The highest BCUT2D eigenvalue weighted by molar-refractivity contribution is 5.75. The van der Waals surface area contributed by atoms with Gasteiger partial charge in [0.05, 0.1) is 0 Å². The van der Waals surface area contributed by atoms with Gasteiger partial charge in [-0.2, -0.15) is 0 Å². The van der Waals surface area contributed by atoms with Crippen LogP contribution in [-0.4, -0.2) is 9.97 Å². The van der Waals surface area contributed by atoms with Crippen LogP contribution in [0.15, 0.2) is 67.0 Å². The standard InChI is InChI=1S/C23H19N2/c1-2-7-18-16(5-1)9-10-22-20-8-3-6-17(19(20)11-12-21(18)22)15-23-24-13-4-14-25-23/h1-7,11-15,17H,8-10H2. The van der Waals surface area contributed by atoms with E-state index < -0.39 is 0 Å². The lowest BCUT2D eigenvalue weighted by atomic mass is 9.76. The Morgan fingerprint density at radius 3 is 2.64 bits per heavy atom. The van der Waals surface area contributed by atoms with Gasteiger partial charge >= 0.3 is 0 Å². The molecule has 0 bridgehead atoms. The summed E-state index contributed by atoms with van der Waals surface area (Å²) in [5.74, 6) is 1.06.